The number of thiophene rings is 1. The molecular formula is C16H20Cl2N4OS+2. The number of piperazine rings is 1. The van der Waals surface area contributed by atoms with Crippen molar-refractivity contribution in [3.05, 3.63) is 44.7 Å². The first-order valence-corrected chi connectivity index (χ1v) is 9.54. The topological polar surface area (TPSA) is 50.9 Å². The lowest BCUT2D eigenvalue weighted by atomic mass is 10.3. The van der Waals surface area contributed by atoms with Crippen molar-refractivity contribution in [3.63, 3.8) is 0 Å². The first-order chi connectivity index (χ1) is 11.6. The summed E-state index contributed by atoms with van der Waals surface area (Å²) in [6.07, 6.45) is 1.47. The predicted molar refractivity (Wildman–Crippen MR) is 97.2 cm³/mol. The van der Waals surface area contributed by atoms with Crippen LogP contribution in [-0.4, -0.2) is 43.6 Å². The van der Waals surface area contributed by atoms with Gasteiger partial charge in [-0.25, -0.2) is 4.98 Å². The Hall–Kier alpha value is -1.18. The molecule has 3 rings (SSSR count). The molecule has 0 atom stereocenters. The van der Waals surface area contributed by atoms with Gasteiger partial charge < -0.3 is 15.1 Å². The Morgan fingerprint density at radius 3 is 2.67 bits per heavy atom. The molecular weight excluding hydrogens is 367 g/mol. The molecule has 1 amide bonds. The molecule has 5 nitrogen and oxygen atoms in total. The van der Waals surface area contributed by atoms with Crippen molar-refractivity contribution >= 4 is 46.3 Å². The summed E-state index contributed by atoms with van der Waals surface area (Å²) in [6, 6.07) is 5.86. The van der Waals surface area contributed by atoms with Crippen LogP contribution < -0.4 is 15.1 Å². The van der Waals surface area contributed by atoms with E-state index in [9.17, 15) is 4.79 Å². The maximum absolute atomic E-state index is 12.2. The minimum Gasteiger partial charge on any atom is -0.321 e. The van der Waals surface area contributed by atoms with Crippen molar-refractivity contribution in [2.75, 3.05) is 38.0 Å². The fraction of sp³-hybridized carbons (Fsp3) is 0.375. The summed E-state index contributed by atoms with van der Waals surface area (Å²) in [5.74, 6) is 0.302. The quantitative estimate of drug-likeness (QED) is 0.695. The Morgan fingerprint density at radius 2 is 2.00 bits per heavy atom. The molecule has 1 aliphatic heterocycles. The number of nitrogens with one attached hydrogen (secondary N) is 3. The molecule has 3 heterocycles. The van der Waals surface area contributed by atoms with Crippen molar-refractivity contribution in [2.45, 2.75) is 6.54 Å². The zero-order valence-corrected chi connectivity index (χ0v) is 15.5. The summed E-state index contributed by atoms with van der Waals surface area (Å²) in [4.78, 5) is 20.6. The molecule has 2 aromatic heterocycles. The first-order valence-electron chi connectivity index (χ1n) is 7.90. The Morgan fingerprint density at radius 1 is 1.25 bits per heavy atom. The van der Waals surface area contributed by atoms with Crippen LogP contribution in [0.3, 0.4) is 0 Å². The summed E-state index contributed by atoms with van der Waals surface area (Å²) in [5, 5.41) is 5.70. The highest BCUT2D eigenvalue weighted by Crippen LogP contribution is 2.22. The molecule has 0 spiro atoms. The monoisotopic (exact) mass is 386 g/mol. The molecule has 0 bridgehead atoms. The maximum atomic E-state index is 12.2. The van der Waals surface area contributed by atoms with Crippen LogP contribution in [0.25, 0.3) is 0 Å². The van der Waals surface area contributed by atoms with Gasteiger partial charge >= 0.3 is 0 Å². The third-order valence-electron chi connectivity index (χ3n) is 4.14. The van der Waals surface area contributed by atoms with Gasteiger partial charge in [0, 0.05) is 6.20 Å². The Kier molecular flexibility index (Phi) is 6.08. The third-order valence-corrected chi connectivity index (χ3v) is 5.52. The zero-order valence-electron chi connectivity index (χ0n) is 13.1. The molecule has 0 aliphatic carbocycles. The van der Waals surface area contributed by atoms with Gasteiger partial charge in [0.15, 0.2) is 12.4 Å². The number of carbonyl (C=O) groups excluding carboxylic acids is 1. The van der Waals surface area contributed by atoms with Crippen LogP contribution in [0.4, 0.5) is 5.82 Å². The van der Waals surface area contributed by atoms with Crippen LogP contribution in [0.5, 0.6) is 0 Å². The lowest BCUT2D eigenvalue weighted by molar-refractivity contribution is -1.01. The van der Waals surface area contributed by atoms with Crippen molar-refractivity contribution in [2.24, 2.45) is 0 Å². The number of anilines is 1. The number of amides is 1. The summed E-state index contributed by atoms with van der Waals surface area (Å²) >= 11 is 13.7. The molecule has 1 aliphatic rings. The molecule has 1 fully saturated rings. The minimum absolute atomic E-state index is 0.0663. The van der Waals surface area contributed by atoms with E-state index < -0.39 is 0 Å². The van der Waals surface area contributed by atoms with Crippen LogP contribution >= 0.6 is 34.5 Å². The Labute approximate surface area is 155 Å². The van der Waals surface area contributed by atoms with Crippen LogP contribution in [0.1, 0.15) is 4.88 Å². The zero-order chi connectivity index (χ0) is 16.9. The van der Waals surface area contributed by atoms with E-state index in [1.54, 1.807) is 11.0 Å². The molecule has 0 unspecified atom stereocenters. The van der Waals surface area contributed by atoms with Crippen molar-refractivity contribution in [1.82, 2.24) is 4.98 Å². The molecule has 1 saturated heterocycles. The second kappa shape index (κ2) is 8.27. The van der Waals surface area contributed by atoms with E-state index in [2.05, 4.69) is 27.8 Å². The van der Waals surface area contributed by atoms with Gasteiger partial charge in [-0.2, -0.15) is 0 Å². The van der Waals surface area contributed by atoms with Gasteiger partial charge in [-0.1, -0.05) is 29.3 Å². The lowest BCUT2D eigenvalue weighted by Crippen LogP contribution is -3.28. The highest BCUT2D eigenvalue weighted by atomic mass is 35.5. The van der Waals surface area contributed by atoms with Crippen molar-refractivity contribution in [3.8, 4) is 0 Å². The number of nitrogens with zero attached hydrogens (tertiary/aromatic N) is 1. The van der Waals surface area contributed by atoms with Crippen LogP contribution in [-0.2, 0) is 11.3 Å². The number of rotatable bonds is 5. The summed E-state index contributed by atoms with van der Waals surface area (Å²) in [5.41, 5.74) is 0. The SMILES string of the molecule is O=C(C[NH+]1CC[NH+](Cc2cccs2)CC1)Nc1ncc(Cl)cc1Cl. The number of hydrogen-bond acceptors (Lipinski definition) is 3. The maximum Gasteiger partial charge on any atom is 0.280 e. The van der Waals surface area contributed by atoms with E-state index in [0.717, 1.165) is 32.7 Å². The highest BCUT2D eigenvalue weighted by Gasteiger charge is 2.25. The predicted octanol–water partition coefficient (Wildman–Crippen LogP) is 0.372. The van der Waals surface area contributed by atoms with Gasteiger partial charge in [-0.3, -0.25) is 4.79 Å². The summed E-state index contributed by atoms with van der Waals surface area (Å²) in [6.45, 7) is 5.68. The molecule has 0 saturated carbocycles. The fourth-order valence-corrected chi connectivity index (χ4v) is 4.08. The fourth-order valence-electron chi connectivity index (χ4n) is 2.88. The number of quaternary nitrogens is 2. The van der Waals surface area contributed by atoms with Gasteiger partial charge in [0.1, 0.15) is 32.7 Å². The number of pyridine rings is 1. The van der Waals surface area contributed by atoms with Crippen LogP contribution in [0, 0.1) is 0 Å². The number of aromatic nitrogens is 1. The molecule has 8 heteroatoms. The van der Waals surface area contributed by atoms with E-state index in [-0.39, 0.29) is 5.91 Å². The van der Waals surface area contributed by atoms with Gasteiger partial charge in [0.25, 0.3) is 5.91 Å². The second-order valence-electron chi connectivity index (χ2n) is 5.97. The molecule has 128 valence electrons. The normalized spacial score (nSPS) is 20.8. The van der Waals surface area contributed by atoms with Crippen molar-refractivity contribution in [1.29, 1.82) is 0 Å². The van der Waals surface area contributed by atoms with E-state index in [1.165, 1.54) is 16.0 Å². The highest BCUT2D eigenvalue weighted by molar-refractivity contribution is 7.09. The van der Waals surface area contributed by atoms with Gasteiger partial charge in [-0.05, 0) is 17.5 Å². The smallest absolute Gasteiger partial charge is 0.280 e. The molecule has 0 aromatic carbocycles. The van der Waals surface area contributed by atoms with Gasteiger partial charge in [0.05, 0.1) is 14.9 Å². The number of carbonyl (C=O) groups is 1. The van der Waals surface area contributed by atoms with Crippen LogP contribution in [0.2, 0.25) is 10.0 Å². The molecule has 2 aromatic rings. The first kappa shape index (κ1) is 17.6. The van der Waals surface area contributed by atoms with E-state index in [1.807, 2.05) is 11.3 Å². The number of halogens is 2. The Bertz CT molecular complexity index is 687. The number of hydrogen-bond donors (Lipinski definition) is 3. The van der Waals surface area contributed by atoms with Crippen LogP contribution in [0.15, 0.2) is 29.8 Å². The average molecular weight is 387 g/mol. The summed E-state index contributed by atoms with van der Waals surface area (Å²) in [7, 11) is 0. The summed E-state index contributed by atoms with van der Waals surface area (Å²) < 4.78 is 0. The molecule has 3 N–H and O–H groups in total. The second-order valence-corrected chi connectivity index (χ2v) is 7.84. The third kappa shape index (κ3) is 4.91. The van der Waals surface area contributed by atoms with E-state index in [4.69, 9.17) is 23.2 Å². The largest absolute Gasteiger partial charge is 0.321 e. The van der Waals surface area contributed by atoms with Crippen molar-refractivity contribution < 1.29 is 14.6 Å². The Balaban J connectivity index is 1.44. The minimum atomic E-state index is -0.0663. The lowest BCUT2D eigenvalue weighted by Gasteiger charge is -2.29. The molecule has 0 radical (unpaired) electrons. The van der Waals surface area contributed by atoms with Gasteiger partial charge in [0.2, 0.25) is 0 Å². The molecule has 24 heavy (non-hydrogen) atoms. The standard InChI is InChI=1S/C16H18Cl2N4OS/c17-12-8-14(18)16(19-9-12)20-15(23)11-22-5-3-21(4-6-22)10-13-2-1-7-24-13/h1-2,7-9H,3-6,10-11H2,(H,19,20,23)/p+2. The van der Waals surface area contributed by atoms with Gasteiger partial charge in [-0.15, -0.1) is 11.3 Å². The van der Waals surface area contributed by atoms with E-state index in [0.29, 0.717) is 22.4 Å². The average Bonchev–Trinajstić information content (AvgIpc) is 3.05. The van der Waals surface area contributed by atoms with E-state index >= 15 is 0 Å².